The molecule has 0 spiro atoms. The Morgan fingerprint density at radius 3 is 2.05 bits per heavy atom. The van der Waals surface area contributed by atoms with Gasteiger partial charge in [-0.3, -0.25) is 4.79 Å². The number of aromatic carboxylic acids is 1. The zero-order valence-electron chi connectivity index (χ0n) is 11.2. The fraction of sp³-hybridized carbons (Fsp3) is 0.176. The number of carbonyl (C=O) groups excluding carboxylic acids is 1. The summed E-state index contributed by atoms with van der Waals surface area (Å²) in [6, 6.07) is 15.9. The molecule has 20 heavy (non-hydrogen) atoms. The van der Waals surface area contributed by atoms with Gasteiger partial charge in [-0.15, -0.1) is 0 Å². The summed E-state index contributed by atoms with van der Waals surface area (Å²) < 4.78 is 0. The molecule has 0 saturated heterocycles. The monoisotopic (exact) mass is 268 g/mol. The molecule has 0 aliphatic carbocycles. The van der Waals surface area contributed by atoms with Crippen molar-refractivity contribution in [1.82, 2.24) is 0 Å². The van der Waals surface area contributed by atoms with Crippen molar-refractivity contribution < 1.29 is 14.7 Å². The predicted octanol–water partition coefficient (Wildman–Crippen LogP) is 3.45. The van der Waals surface area contributed by atoms with Crippen LogP contribution in [0.4, 0.5) is 0 Å². The van der Waals surface area contributed by atoms with E-state index in [4.69, 9.17) is 5.11 Å². The van der Waals surface area contributed by atoms with Gasteiger partial charge in [0.25, 0.3) is 0 Å². The minimum Gasteiger partial charge on any atom is -0.478 e. The van der Waals surface area contributed by atoms with E-state index in [-0.39, 0.29) is 17.3 Å². The lowest BCUT2D eigenvalue weighted by molar-refractivity contribution is 0.0696. The molecule has 0 fully saturated rings. The lowest BCUT2D eigenvalue weighted by atomic mass is 9.92. The van der Waals surface area contributed by atoms with Crippen LogP contribution in [-0.4, -0.2) is 16.9 Å². The molecule has 0 saturated carbocycles. The van der Waals surface area contributed by atoms with Gasteiger partial charge in [0, 0.05) is 11.5 Å². The average molecular weight is 268 g/mol. The van der Waals surface area contributed by atoms with Crippen molar-refractivity contribution in [2.75, 3.05) is 0 Å². The van der Waals surface area contributed by atoms with E-state index in [1.54, 1.807) is 12.1 Å². The molecule has 0 bridgehead atoms. The number of ketones is 1. The van der Waals surface area contributed by atoms with Gasteiger partial charge in [-0.05, 0) is 24.1 Å². The largest absolute Gasteiger partial charge is 0.478 e. The molecule has 2 aromatic rings. The highest BCUT2D eigenvalue weighted by molar-refractivity contribution is 5.98. The van der Waals surface area contributed by atoms with Gasteiger partial charge in [0.1, 0.15) is 0 Å². The van der Waals surface area contributed by atoms with Crippen molar-refractivity contribution in [3.8, 4) is 0 Å². The second-order valence-corrected chi connectivity index (χ2v) is 4.84. The maximum atomic E-state index is 12.3. The molecule has 0 aliphatic rings. The number of hydrogen-bond acceptors (Lipinski definition) is 2. The summed E-state index contributed by atoms with van der Waals surface area (Å²) in [4.78, 5) is 23.1. The first-order valence-corrected chi connectivity index (χ1v) is 6.49. The normalized spacial score (nSPS) is 11.8. The van der Waals surface area contributed by atoms with E-state index in [1.165, 1.54) is 12.1 Å². The molecule has 3 heteroatoms. The molecule has 102 valence electrons. The molecule has 2 aromatic carbocycles. The van der Waals surface area contributed by atoms with Crippen LogP contribution in [0.2, 0.25) is 0 Å². The zero-order valence-corrected chi connectivity index (χ0v) is 11.2. The Bertz CT molecular complexity index is 600. The van der Waals surface area contributed by atoms with Crippen LogP contribution < -0.4 is 0 Å². The molecule has 0 heterocycles. The van der Waals surface area contributed by atoms with Crippen molar-refractivity contribution >= 4 is 11.8 Å². The molecule has 0 amide bonds. The molecule has 3 nitrogen and oxygen atoms in total. The predicted molar refractivity (Wildman–Crippen MR) is 77.0 cm³/mol. The molecule has 1 atom stereocenters. The first-order chi connectivity index (χ1) is 9.58. The lowest BCUT2D eigenvalue weighted by Gasteiger charge is -2.10. The third kappa shape index (κ3) is 3.32. The fourth-order valence-electron chi connectivity index (χ4n) is 2.12. The maximum Gasteiger partial charge on any atom is 0.335 e. The van der Waals surface area contributed by atoms with E-state index in [0.717, 1.165) is 5.56 Å². The maximum absolute atomic E-state index is 12.3. The standard InChI is InChI=1S/C17H16O3/c1-12(11-13-5-3-2-4-6-13)16(18)14-7-9-15(10-8-14)17(19)20/h2-10,12H,11H2,1H3,(H,19,20). The first kappa shape index (κ1) is 14.0. The van der Waals surface area contributed by atoms with Gasteiger partial charge in [-0.25, -0.2) is 4.79 Å². The number of carbonyl (C=O) groups is 2. The number of Topliss-reactive ketones (excluding diaryl/α,β-unsaturated/α-hetero) is 1. The number of rotatable bonds is 5. The van der Waals surface area contributed by atoms with Crippen molar-refractivity contribution in [1.29, 1.82) is 0 Å². The summed E-state index contributed by atoms with van der Waals surface area (Å²) in [5, 5.41) is 8.83. The van der Waals surface area contributed by atoms with Gasteiger partial charge in [-0.1, -0.05) is 49.4 Å². The van der Waals surface area contributed by atoms with Crippen LogP contribution in [0.15, 0.2) is 54.6 Å². The highest BCUT2D eigenvalue weighted by Gasteiger charge is 2.16. The van der Waals surface area contributed by atoms with Crippen molar-refractivity contribution in [3.05, 3.63) is 71.3 Å². The molecule has 0 aromatic heterocycles. The van der Waals surface area contributed by atoms with Crippen LogP contribution in [0.25, 0.3) is 0 Å². The zero-order chi connectivity index (χ0) is 14.5. The smallest absolute Gasteiger partial charge is 0.335 e. The van der Waals surface area contributed by atoms with Crippen molar-refractivity contribution in [2.45, 2.75) is 13.3 Å². The molecular weight excluding hydrogens is 252 g/mol. The van der Waals surface area contributed by atoms with E-state index in [9.17, 15) is 9.59 Å². The summed E-state index contributed by atoms with van der Waals surface area (Å²) >= 11 is 0. The second-order valence-electron chi connectivity index (χ2n) is 4.84. The van der Waals surface area contributed by atoms with Gasteiger partial charge < -0.3 is 5.11 Å². The highest BCUT2D eigenvalue weighted by atomic mass is 16.4. The Balaban J connectivity index is 2.08. The van der Waals surface area contributed by atoms with Gasteiger partial charge in [0.05, 0.1) is 5.56 Å². The Hall–Kier alpha value is -2.42. The molecule has 2 rings (SSSR count). The van der Waals surface area contributed by atoms with Crippen LogP contribution in [0.1, 0.15) is 33.2 Å². The number of benzene rings is 2. The van der Waals surface area contributed by atoms with E-state index in [1.807, 2.05) is 37.3 Å². The summed E-state index contributed by atoms with van der Waals surface area (Å²) in [6.07, 6.45) is 0.681. The van der Waals surface area contributed by atoms with Crippen molar-refractivity contribution in [2.24, 2.45) is 5.92 Å². The number of carboxylic acid groups (broad SMARTS) is 1. The Morgan fingerprint density at radius 1 is 0.950 bits per heavy atom. The quantitative estimate of drug-likeness (QED) is 0.845. The third-order valence-electron chi connectivity index (χ3n) is 3.25. The Labute approximate surface area is 117 Å². The third-order valence-corrected chi connectivity index (χ3v) is 3.25. The number of carboxylic acids is 1. The summed E-state index contributed by atoms with van der Waals surface area (Å²) in [5.41, 5.74) is 1.87. The van der Waals surface area contributed by atoms with E-state index >= 15 is 0 Å². The molecule has 1 N–H and O–H groups in total. The highest BCUT2D eigenvalue weighted by Crippen LogP contribution is 2.15. The Kier molecular flexibility index (Phi) is 4.31. The minimum absolute atomic E-state index is 0.0331. The van der Waals surface area contributed by atoms with E-state index in [0.29, 0.717) is 12.0 Å². The van der Waals surface area contributed by atoms with Crippen LogP contribution in [0.3, 0.4) is 0 Å². The van der Waals surface area contributed by atoms with Gasteiger partial charge in [0.15, 0.2) is 5.78 Å². The number of hydrogen-bond donors (Lipinski definition) is 1. The van der Waals surface area contributed by atoms with E-state index < -0.39 is 5.97 Å². The second kappa shape index (κ2) is 6.15. The first-order valence-electron chi connectivity index (χ1n) is 6.49. The average Bonchev–Trinajstić information content (AvgIpc) is 2.47. The van der Waals surface area contributed by atoms with Crippen LogP contribution in [0, 0.1) is 5.92 Å². The molecular formula is C17H16O3. The fourth-order valence-corrected chi connectivity index (χ4v) is 2.12. The van der Waals surface area contributed by atoms with Crippen LogP contribution >= 0.6 is 0 Å². The minimum atomic E-state index is -0.985. The van der Waals surface area contributed by atoms with E-state index in [2.05, 4.69) is 0 Å². The molecule has 0 radical (unpaired) electrons. The summed E-state index contributed by atoms with van der Waals surface area (Å²) in [7, 11) is 0. The van der Waals surface area contributed by atoms with Crippen molar-refractivity contribution in [3.63, 3.8) is 0 Å². The Morgan fingerprint density at radius 2 is 1.50 bits per heavy atom. The summed E-state index contributed by atoms with van der Waals surface area (Å²) in [6.45, 7) is 1.89. The van der Waals surface area contributed by atoms with Crippen LogP contribution in [0.5, 0.6) is 0 Å². The molecule has 0 aliphatic heterocycles. The van der Waals surface area contributed by atoms with Crippen LogP contribution in [-0.2, 0) is 6.42 Å². The SMILES string of the molecule is CC(Cc1ccccc1)C(=O)c1ccc(C(=O)O)cc1. The molecule has 1 unspecified atom stereocenters. The van der Waals surface area contributed by atoms with Gasteiger partial charge >= 0.3 is 5.97 Å². The topological polar surface area (TPSA) is 54.4 Å². The summed E-state index contributed by atoms with van der Waals surface area (Å²) in [5.74, 6) is -1.08. The lowest BCUT2D eigenvalue weighted by Crippen LogP contribution is -2.14. The van der Waals surface area contributed by atoms with Gasteiger partial charge in [0.2, 0.25) is 0 Å². The van der Waals surface area contributed by atoms with Gasteiger partial charge in [-0.2, -0.15) is 0 Å².